The molecule has 0 saturated carbocycles. The summed E-state index contributed by atoms with van der Waals surface area (Å²) < 4.78 is 83.9. The molecule has 158 valence electrons. The fraction of sp³-hybridized carbons (Fsp3) is 0.304. The first kappa shape index (κ1) is 22.6. The molecule has 0 nitrogen and oxygen atoms in total. The first-order valence-corrected chi connectivity index (χ1v) is 9.90. The van der Waals surface area contributed by atoms with Gasteiger partial charge in [-0.05, 0) is 44.9 Å². The van der Waals surface area contributed by atoms with Gasteiger partial charge in [-0.25, -0.2) is 0 Å². The van der Waals surface area contributed by atoms with Crippen LogP contribution < -0.4 is 10.4 Å². The van der Waals surface area contributed by atoms with Crippen LogP contribution in [0.3, 0.4) is 0 Å². The van der Waals surface area contributed by atoms with Gasteiger partial charge in [-0.3, -0.25) is 0 Å². The predicted molar refractivity (Wildman–Crippen MR) is 109 cm³/mol. The summed E-state index contributed by atoms with van der Waals surface area (Å²) in [6.45, 7) is 4.71. The first-order valence-electron chi connectivity index (χ1n) is 9.11. The number of hydrogen-bond donors (Lipinski definition) is 0. The van der Waals surface area contributed by atoms with E-state index in [0.717, 1.165) is 22.2 Å². The van der Waals surface area contributed by atoms with Crippen LogP contribution in [0, 0.1) is 11.3 Å². The third-order valence-electron chi connectivity index (χ3n) is 4.90. The topological polar surface area (TPSA) is 0 Å². The molecule has 3 rings (SSSR count). The number of rotatable bonds is 0. The standard InChI is InChI=1S/C23H18BrF6/c1-21(2,3)14-11-18(22(25,26)27)17(19(12-14)23(28,29)30)10-13-8-9-20(24)16-7-5-4-6-15(13)16/h4-6,8-9,11-12H,7H2,1-3H3/q+1. The van der Waals surface area contributed by atoms with Crippen LogP contribution in [-0.4, -0.2) is 12.4 Å². The summed E-state index contributed by atoms with van der Waals surface area (Å²) in [4.78, 5) is 0. The van der Waals surface area contributed by atoms with E-state index in [4.69, 9.17) is 0 Å². The van der Waals surface area contributed by atoms with Crippen molar-refractivity contribution in [2.24, 2.45) is 5.41 Å². The van der Waals surface area contributed by atoms with Gasteiger partial charge >= 0.3 is 12.4 Å². The molecule has 0 fully saturated rings. The molecule has 0 spiro atoms. The van der Waals surface area contributed by atoms with Crippen LogP contribution >= 0.6 is 15.9 Å². The largest absolute Gasteiger partial charge is 0.456 e. The lowest BCUT2D eigenvalue weighted by atomic mass is 9.76. The van der Waals surface area contributed by atoms with Crippen LogP contribution in [0.1, 0.15) is 26.3 Å². The molecule has 0 amide bonds. The Labute approximate surface area is 178 Å². The van der Waals surface area contributed by atoms with E-state index in [2.05, 4.69) is 21.7 Å². The van der Waals surface area contributed by atoms with Crippen molar-refractivity contribution in [1.82, 2.24) is 0 Å². The third kappa shape index (κ3) is 4.47. The van der Waals surface area contributed by atoms with Gasteiger partial charge in [0.15, 0.2) is 17.1 Å². The Morgan fingerprint density at radius 1 is 1.03 bits per heavy atom. The van der Waals surface area contributed by atoms with Crippen LogP contribution in [0.25, 0.3) is 11.8 Å². The summed E-state index contributed by atoms with van der Waals surface area (Å²) in [7, 11) is 0. The van der Waals surface area contributed by atoms with Gasteiger partial charge in [0.05, 0.1) is 5.22 Å². The molecular weight excluding hydrogens is 470 g/mol. The van der Waals surface area contributed by atoms with Gasteiger partial charge in [-0.15, -0.1) is 0 Å². The van der Waals surface area contributed by atoms with Crippen LogP contribution in [0.2, 0.25) is 0 Å². The lowest BCUT2D eigenvalue weighted by molar-refractivity contribution is -0.109. The number of allylic oxidation sites excluding steroid dienone is 7. The van der Waals surface area contributed by atoms with E-state index >= 15 is 0 Å². The molecule has 0 unspecified atom stereocenters. The smallest absolute Gasteiger partial charge is 0.157 e. The van der Waals surface area contributed by atoms with Crippen molar-refractivity contribution < 1.29 is 26.3 Å². The number of alkyl halides is 6. The second-order valence-corrected chi connectivity index (χ2v) is 8.96. The summed E-state index contributed by atoms with van der Waals surface area (Å²) in [5.74, 6) is -1.34. The maximum absolute atomic E-state index is 13.9. The quantitative estimate of drug-likeness (QED) is 0.299. The second-order valence-electron chi connectivity index (χ2n) is 8.10. The molecule has 1 aromatic rings. The van der Waals surface area contributed by atoms with Crippen LogP contribution in [0.15, 0.2) is 57.6 Å². The van der Waals surface area contributed by atoms with Gasteiger partial charge in [-0.2, -0.15) is 26.3 Å². The third-order valence-corrected chi connectivity index (χ3v) is 5.64. The Kier molecular flexibility index (Phi) is 5.67. The van der Waals surface area contributed by atoms with Gasteiger partial charge in [-0.1, -0.05) is 34.2 Å². The summed E-state index contributed by atoms with van der Waals surface area (Å²) in [5.41, 5.74) is -0.0191. The van der Waals surface area contributed by atoms with Crippen molar-refractivity contribution in [3.05, 3.63) is 79.5 Å². The summed E-state index contributed by atoms with van der Waals surface area (Å²) >= 11 is 3.38. The maximum atomic E-state index is 13.9. The van der Waals surface area contributed by atoms with E-state index in [1.165, 1.54) is 6.07 Å². The highest BCUT2D eigenvalue weighted by molar-refractivity contribution is 9.10. The molecular formula is C23H18BrF6+. The monoisotopic (exact) mass is 487 g/mol. The van der Waals surface area contributed by atoms with Gasteiger partial charge in [0.25, 0.3) is 0 Å². The van der Waals surface area contributed by atoms with Crippen LogP contribution in [0.4, 0.5) is 26.3 Å². The molecule has 0 aliphatic heterocycles. The molecule has 2 aliphatic rings. The highest BCUT2D eigenvalue weighted by Crippen LogP contribution is 2.48. The van der Waals surface area contributed by atoms with E-state index < -0.39 is 34.8 Å². The van der Waals surface area contributed by atoms with Crippen molar-refractivity contribution in [3.8, 4) is 0 Å². The van der Waals surface area contributed by atoms with Crippen molar-refractivity contribution in [3.63, 3.8) is 0 Å². The SMILES string of the molecule is CC(C)(C)C1=C[C+](C(F)(F)F)C(=C=c2ccc(Br)c3c2=CC=CC3)C(C(F)(F)F)=C1. The number of halogens is 7. The Bertz CT molecular complexity index is 1110. The summed E-state index contributed by atoms with van der Waals surface area (Å²) in [5, 5.41) is 0.727. The van der Waals surface area contributed by atoms with Crippen LogP contribution in [-0.2, 0) is 6.42 Å². The van der Waals surface area contributed by atoms with E-state index in [0.29, 0.717) is 11.6 Å². The highest BCUT2D eigenvalue weighted by Gasteiger charge is 2.56. The van der Waals surface area contributed by atoms with E-state index in [1.54, 1.807) is 39.0 Å². The minimum atomic E-state index is -4.97. The zero-order chi connectivity index (χ0) is 22.5. The van der Waals surface area contributed by atoms with Gasteiger partial charge in [0.1, 0.15) is 0 Å². The molecule has 1 aromatic carbocycles. The lowest BCUT2D eigenvalue weighted by Crippen LogP contribution is -2.32. The molecule has 0 heterocycles. The summed E-state index contributed by atoms with van der Waals surface area (Å²) in [6, 6.07) is 3.08. The van der Waals surface area contributed by atoms with Crippen molar-refractivity contribution >= 4 is 27.7 Å². The molecule has 0 atom stereocenters. The molecule has 0 bridgehead atoms. The zero-order valence-electron chi connectivity index (χ0n) is 16.4. The van der Waals surface area contributed by atoms with E-state index in [-0.39, 0.29) is 10.8 Å². The van der Waals surface area contributed by atoms with Gasteiger partial charge in [0, 0.05) is 38.6 Å². The Balaban J connectivity index is 2.46. The van der Waals surface area contributed by atoms with Crippen LogP contribution in [0.5, 0.6) is 0 Å². The number of benzene rings is 1. The van der Waals surface area contributed by atoms with E-state index in [9.17, 15) is 26.3 Å². The fourth-order valence-electron chi connectivity index (χ4n) is 3.29. The van der Waals surface area contributed by atoms with Gasteiger partial charge < -0.3 is 0 Å². The normalized spacial score (nSPS) is 17.1. The Hall–Kier alpha value is -2.11. The van der Waals surface area contributed by atoms with Crippen molar-refractivity contribution in [1.29, 1.82) is 0 Å². The fourth-order valence-corrected chi connectivity index (χ4v) is 3.79. The molecule has 30 heavy (non-hydrogen) atoms. The Morgan fingerprint density at radius 3 is 2.27 bits per heavy atom. The summed E-state index contributed by atoms with van der Waals surface area (Å²) in [6.07, 6.45) is -2.58. The first-order chi connectivity index (χ1) is 13.7. The van der Waals surface area contributed by atoms with Crippen molar-refractivity contribution in [2.75, 3.05) is 0 Å². The van der Waals surface area contributed by atoms with E-state index in [1.807, 2.05) is 6.08 Å². The minimum absolute atomic E-state index is 0.0416. The molecule has 7 heteroatoms. The zero-order valence-corrected chi connectivity index (χ0v) is 18.0. The number of hydrogen-bond acceptors (Lipinski definition) is 0. The lowest BCUT2D eigenvalue weighted by Gasteiger charge is -2.25. The van der Waals surface area contributed by atoms with Crippen molar-refractivity contribution in [2.45, 2.75) is 39.5 Å². The average Bonchev–Trinajstić information content (AvgIpc) is 2.61. The molecule has 0 aromatic heterocycles. The predicted octanol–water partition coefficient (Wildman–Crippen LogP) is 6.26. The molecule has 0 N–H and O–H groups in total. The molecule has 2 aliphatic carbocycles. The average molecular weight is 488 g/mol. The highest BCUT2D eigenvalue weighted by atomic mass is 79.9. The molecule has 0 saturated heterocycles. The minimum Gasteiger partial charge on any atom is -0.157 e. The molecule has 0 radical (unpaired) electrons. The second kappa shape index (κ2) is 7.54. The van der Waals surface area contributed by atoms with Gasteiger partial charge in [0.2, 0.25) is 0 Å². The number of fused-ring (bicyclic) bond motifs is 1. The Morgan fingerprint density at radius 2 is 1.70 bits per heavy atom. The maximum Gasteiger partial charge on any atom is 0.456 e.